The molecule has 1 unspecified atom stereocenters. The summed E-state index contributed by atoms with van der Waals surface area (Å²) in [5, 5.41) is 9.88. The molecule has 0 spiro atoms. The fraction of sp³-hybridized carbons (Fsp3) is 0.292. The van der Waals surface area contributed by atoms with E-state index in [9.17, 15) is 4.79 Å². The Kier molecular flexibility index (Phi) is 4.51. The quantitative estimate of drug-likeness (QED) is 0.496. The molecule has 2 bridgehead atoms. The molecule has 2 aliphatic rings. The second-order valence-corrected chi connectivity index (χ2v) is 9.40. The van der Waals surface area contributed by atoms with Crippen LogP contribution >= 0.6 is 8.73 Å². The van der Waals surface area contributed by atoms with Gasteiger partial charge in [0.1, 0.15) is 0 Å². The number of aromatic nitrogens is 3. The van der Waals surface area contributed by atoms with E-state index in [1.54, 1.807) is 6.20 Å². The summed E-state index contributed by atoms with van der Waals surface area (Å²) in [5.41, 5.74) is 2.57. The summed E-state index contributed by atoms with van der Waals surface area (Å²) in [5.74, 6) is 0.781. The number of hydrogen-bond acceptors (Lipinski definition) is 4. The van der Waals surface area contributed by atoms with Crippen molar-refractivity contribution in [1.82, 2.24) is 24.8 Å². The second-order valence-electron chi connectivity index (χ2n) is 8.44. The number of fused-ring (bicyclic) bond motifs is 4. The largest absolute Gasteiger partial charge is 0.348 e. The van der Waals surface area contributed by atoms with Crippen molar-refractivity contribution in [2.75, 3.05) is 6.66 Å². The summed E-state index contributed by atoms with van der Waals surface area (Å²) >= 11 is 0. The Labute approximate surface area is 182 Å². The van der Waals surface area contributed by atoms with Gasteiger partial charge in [0.25, 0.3) is 5.91 Å². The van der Waals surface area contributed by atoms with Crippen LogP contribution in [-0.2, 0) is 0 Å². The topological polar surface area (TPSA) is 63.1 Å². The van der Waals surface area contributed by atoms with Crippen molar-refractivity contribution in [1.29, 1.82) is 0 Å². The Morgan fingerprint density at radius 2 is 2.00 bits per heavy atom. The first-order valence-corrected chi connectivity index (χ1v) is 12.3. The monoisotopic (exact) mass is 429 g/mol. The van der Waals surface area contributed by atoms with Gasteiger partial charge in [-0.25, -0.2) is 9.67 Å². The van der Waals surface area contributed by atoms with Gasteiger partial charge in [-0.15, -0.1) is 0 Å². The Morgan fingerprint density at radius 1 is 1.10 bits per heavy atom. The van der Waals surface area contributed by atoms with E-state index in [4.69, 9.17) is 4.98 Å². The smallest absolute Gasteiger partial charge is 0.251 e. The number of carbonyl (C=O) groups excluding carboxylic acids is 1. The standard InChI is InChI=1S/C24H24N5OP/c1-31-29-18-8-10-22(29)20(13-18)27-24(30)16-6-9-21-17(12-16)14-25-28(21)23-11-7-15-4-2-3-5-19(15)26-23/h2-7,9,11-12,14,18,20,22,31H,8,10,13H2,1H3,(H,27,30)/t18-,20+,22+/m0/s1. The zero-order valence-corrected chi connectivity index (χ0v) is 18.3. The Balaban J connectivity index is 1.26. The molecule has 31 heavy (non-hydrogen) atoms. The summed E-state index contributed by atoms with van der Waals surface area (Å²) < 4.78 is 4.41. The highest BCUT2D eigenvalue weighted by Crippen LogP contribution is 2.43. The maximum Gasteiger partial charge on any atom is 0.251 e. The first-order valence-electron chi connectivity index (χ1n) is 10.8. The third-order valence-corrected chi connectivity index (χ3v) is 7.96. The molecule has 1 N–H and O–H groups in total. The predicted molar refractivity (Wildman–Crippen MR) is 125 cm³/mol. The van der Waals surface area contributed by atoms with Gasteiger partial charge < -0.3 is 5.32 Å². The highest BCUT2D eigenvalue weighted by atomic mass is 31.1. The number of para-hydroxylation sites is 1. The number of nitrogens with one attached hydrogen (secondary N) is 1. The van der Waals surface area contributed by atoms with Crippen LogP contribution in [0.3, 0.4) is 0 Å². The van der Waals surface area contributed by atoms with Gasteiger partial charge in [0.15, 0.2) is 5.82 Å². The lowest BCUT2D eigenvalue weighted by molar-refractivity contribution is 0.0929. The van der Waals surface area contributed by atoms with Gasteiger partial charge >= 0.3 is 0 Å². The molecule has 156 valence electrons. The molecule has 2 saturated heterocycles. The minimum Gasteiger partial charge on any atom is -0.348 e. The number of pyridine rings is 1. The number of benzene rings is 2. The molecule has 6 rings (SSSR count). The molecule has 2 aromatic heterocycles. The van der Waals surface area contributed by atoms with Gasteiger partial charge in [-0.05, 0) is 62.3 Å². The van der Waals surface area contributed by atoms with Crippen LogP contribution in [0, 0.1) is 0 Å². The number of hydrogen-bond donors (Lipinski definition) is 1. The average molecular weight is 429 g/mol. The van der Waals surface area contributed by atoms with E-state index in [2.05, 4.69) is 33.9 Å². The highest BCUT2D eigenvalue weighted by molar-refractivity contribution is 7.34. The molecule has 4 heterocycles. The first-order chi connectivity index (χ1) is 15.2. The molecule has 1 amide bonds. The van der Waals surface area contributed by atoms with E-state index in [-0.39, 0.29) is 11.9 Å². The summed E-state index contributed by atoms with van der Waals surface area (Å²) in [4.78, 5) is 17.7. The summed E-state index contributed by atoms with van der Waals surface area (Å²) in [6.45, 7) is 2.24. The Bertz CT molecular complexity index is 1300. The van der Waals surface area contributed by atoms with Crippen molar-refractivity contribution in [3.05, 3.63) is 66.4 Å². The van der Waals surface area contributed by atoms with E-state index in [0.717, 1.165) is 42.8 Å². The van der Waals surface area contributed by atoms with Gasteiger partial charge in [-0.3, -0.25) is 9.46 Å². The van der Waals surface area contributed by atoms with Crippen molar-refractivity contribution in [2.24, 2.45) is 0 Å². The van der Waals surface area contributed by atoms with Crippen molar-refractivity contribution in [3.8, 4) is 5.82 Å². The van der Waals surface area contributed by atoms with Gasteiger partial charge in [0.05, 0.1) is 17.2 Å². The van der Waals surface area contributed by atoms with Crippen LogP contribution in [0.4, 0.5) is 0 Å². The fourth-order valence-electron chi connectivity index (χ4n) is 5.27. The lowest BCUT2D eigenvalue weighted by Gasteiger charge is -2.23. The SMILES string of the molecule is CPN1[C@H]2CC[C@@H]1[C@H](NC(=O)c1ccc3c(cnn3-c3ccc4ccccc4n3)c1)C2. The fourth-order valence-corrected chi connectivity index (χ4v) is 6.51. The molecule has 4 aromatic rings. The lowest BCUT2D eigenvalue weighted by atomic mass is 9.95. The van der Waals surface area contributed by atoms with Gasteiger partial charge in [-0.2, -0.15) is 5.10 Å². The zero-order chi connectivity index (χ0) is 20.9. The molecule has 2 fully saturated rings. The second kappa shape index (κ2) is 7.40. The molecule has 0 radical (unpaired) electrons. The Hall–Kier alpha value is -2.82. The van der Waals surface area contributed by atoms with Gasteiger partial charge in [0.2, 0.25) is 0 Å². The van der Waals surface area contributed by atoms with Gasteiger partial charge in [0, 0.05) is 34.5 Å². The zero-order valence-electron chi connectivity index (χ0n) is 17.3. The van der Waals surface area contributed by atoms with E-state index in [1.165, 1.54) is 12.8 Å². The normalized spacial score (nSPS) is 23.5. The average Bonchev–Trinajstić information content (AvgIpc) is 3.50. The van der Waals surface area contributed by atoms with Gasteiger partial charge in [-0.1, -0.05) is 26.9 Å². The molecular formula is C24H24N5OP. The molecule has 7 heteroatoms. The van der Waals surface area contributed by atoms with E-state index < -0.39 is 0 Å². The summed E-state index contributed by atoms with van der Waals surface area (Å²) in [6, 6.07) is 19.3. The number of nitrogens with zero attached hydrogens (tertiary/aromatic N) is 4. The third kappa shape index (κ3) is 3.13. The molecule has 0 saturated carbocycles. The maximum absolute atomic E-state index is 13.0. The van der Waals surface area contributed by atoms with Crippen molar-refractivity contribution in [3.63, 3.8) is 0 Å². The first kappa shape index (κ1) is 18.9. The Morgan fingerprint density at radius 3 is 2.87 bits per heavy atom. The molecule has 0 aliphatic carbocycles. The lowest BCUT2D eigenvalue weighted by Crippen LogP contribution is -2.42. The highest BCUT2D eigenvalue weighted by Gasteiger charge is 2.45. The number of carbonyl (C=O) groups is 1. The van der Waals surface area contributed by atoms with Crippen molar-refractivity contribution in [2.45, 2.75) is 37.4 Å². The molecule has 2 aliphatic heterocycles. The number of amides is 1. The summed E-state index contributed by atoms with van der Waals surface area (Å²) in [6.07, 6.45) is 5.35. The van der Waals surface area contributed by atoms with E-state index in [1.807, 2.05) is 47.1 Å². The van der Waals surface area contributed by atoms with Crippen LogP contribution in [0.5, 0.6) is 0 Å². The molecule has 2 aromatic carbocycles. The minimum absolute atomic E-state index is 0.00964. The van der Waals surface area contributed by atoms with Crippen LogP contribution in [0.15, 0.2) is 60.8 Å². The van der Waals surface area contributed by atoms with Crippen molar-refractivity contribution >= 4 is 36.4 Å². The maximum atomic E-state index is 13.0. The van der Waals surface area contributed by atoms with E-state index in [0.29, 0.717) is 17.6 Å². The van der Waals surface area contributed by atoms with Crippen LogP contribution in [0.25, 0.3) is 27.6 Å². The molecule has 6 nitrogen and oxygen atoms in total. The van der Waals surface area contributed by atoms with Crippen LogP contribution in [0.2, 0.25) is 0 Å². The molecular weight excluding hydrogens is 405 g/mol. The van der Waals surface area contributed by atoms with E-state index >= 15 is 0 Å². The summed E-state index contributed by atoms with van der Waals surface area (Å²) in [7, 11) is 0.818. The number of rotatable bonds is 4. The van der Waals surface area contributed by atoms with Crippen LogP contribution in [0.1, 0.15) is 29.6 Å². The third-order valence-electron chi connectivity index (χ3n) is 6.74. The van der Waals surface area contributed by atoms with Crippen LogP contribution in [-0.4, -0.2) is 50.1 Å². The minimum atomic E-state index is 0.00964. The predicted octanol–water partition coefficient (Wildman–Crippen LogP) is 4.13. The van der Waals surface area contributed by atoms with Crippen molar-refractivity contribution < 1.29 is 4.79 Å². The van der Waals surface area contributed by atoms with Crippen LogP contribution < -0.4 is 5.32 Å². The molecule has 4 atom stereocenters.